The number of rotatable bonds is 8. The number of hydrogen-bond donors (Lipinski definition) is 0. The summed E-state index contributed by atoms with van der Waals surface area (Å²) >= 11 is 0. The maximum absolute atomic E-state index is 6.92. The third kappa shape index (κ3) is 6.25. The summed E-state index contributed by atoms with van der Waals surface area (Å²) in [6.45, 7) is 0. The van der Waals surface area contributed by atoms with Crippen molar-refractivity contribution in [3.63, 3.8) is 0 Å². The van der Waals surface area contributed by atoms with Gasteiger partial charge in [-0.1, -0.05) is 164 Å². The van der Waals surface area contributed by atoms with E-state index in [4.69, 9.17) is 19.4 Å². The number of para-hydroxylation sites is 4. The Morgan fingerprint density at radius 3 is 1.52 bits per heavy atom. The Labute approximate surface area is 325 Å². The van der Waals surface area contributed by atoms with E-state index >= 15 is 0 Å². The van der Waals surface area contributed by atoms with Crippen LogP contribution in [-0.2, 0) is 0 Å². The molecule has 0 bridgehead atoms. The molecule has 1 aliphatic rings. The monoisotopic (exact) mass is 720 g/mol. The lowest BCUT2D eigenvalue weighted by Crippen LogP contribution is -2.09. The highest BCUT2D eigenvalue weighted by molar-refractivity contribution is 6.12. The van der Waals surface area contributed by atoms with Gasteiger partial charge in [0.2, 0.25) is 0 Å². The number of anilines is 3. The van der Waals surface area contributed by atoms with E-state index < -0.39 is 0 Å². The van der Waals surface area contributed by atoms with Gasteiger partial charge in [-0.2, -0.15) is 0 Å². The first kappa shape index (κ1) is 33.2. The predicted octanol–water partition coefficient (Wildman–Crippen LogP) is 13.4. The van der Waals surface area contributed by atoms with Crippen molar-refractivity contribution in [2.75, 3.05) is 4.90 Å². The highest BCUT2D eigenvalue weighted by atomic mass is 16.3. The van der Waals surface area contributed by atoms with Crippen LogP contribution in [-0.4, -0.2) is 15.0 Å². The minimum absolute atomic E-state index is 0.0389. The molecular formula is C51H36N4O. The molecule has 2 heterocycles. The van der Waals surface area contributed by atoms with Crippen LogP contribution in [0.2, 0.25) is 0 Å². The second kappa shape index (κ2) is 14.5. The van der Waals surface area contributed by atoms with E-state index in [1.165, 1.54) is 5.57 Å². The Morgan fingerprint density at radius 2 is 0.946 bits per heavy atom. The van der Waals surface area contributed by atoms with E-state index in [0.29, 0.717) is 11.6 Å². The summed E-state index contributed by atoms with van der Waals surface area (Å²) in [4.78, 5) is 17.3. The van der Waals surface area contributed by atoms with E-state index in [2.05, 4.69) is 132 Å². The zero-order valence-electron chi connectivity index (χ0n) is 30.5. The summed E-state index contributed by atoms with van der Waals surface area (Å²) in [6, 6.07) is 62.9. The average Bonchev–Trinajstić information content (AvgIpc) is 3.67. The summed E-state index contributed by atoms with van der Waals surface area (Å²) in [5.74, 6) is 2.06. The van der Waals surface area contributed by atoms with Crippen molar-refractivity contribution in [1.82, 2.24) is 15.0 Å². The van der Waals surface area contributed by atoms with Crippen LogP contribution in [0, 0.1) is 0 Å². The summed E-state index contributed by atoms with van der Waals surface area (Å²) in [6.07, 6.45) is 7.24. The van der Waals surface area contributed by atoms with Crippen molar-refractivity contribution >= 4 is 44.6 Å². The van der Waals surface area contributed by atoms with E-state index in [1.54, 1.807) is 0 Å². The normalized spacial score (nSPS) is 13.9. The van der Waals surface area contributed by atoms with Crippen LogP contribution in [0.5, 0.6) is 0 Å². The third-order valence-electron chi connectivity index (χ3n) is 10.5. The van der Waals surface area contributed by atoms with Crippen molar-refractivity contribution < 1.29 is 4.42 Å². The predicted molar refractivity (Wildman–Crippen MR) is 229 cm³/mol. The minimum atomic E-state index is -0.0389. The molecule has 10 rings (SSSR count). The number of hydrogen-bond acceptors (Lipinski definition) is 5. The van der Waals surface area contributed by atoms with Crippen molar-refractivity contribution in [2.24, 2.45) is 0 Å². The molecule has 7 aromatic carbocycles. The Balaban J connectivity index is 1.00. The first-order valence-electron chi connectivity index (χ1n) is 19.0. The fourth-order valence-corrected chi connectivity index (χ4v) is 7.74. The molecule has 0 spiro atoms. The maximum Gasteiger partial charge on any atom is 0.163 e. The van der Waals surface area contributed by atoms with Gasteiger partial charge in [0.1, 0.15) is 17.0 Å². The van der Waals surface area contributed by atoms with Gasteiger partial charge in [-0.05, 0) is 54.0 Å². The highest BCUT2D eigenvalue weighted by Crippen LogP contribution is 2.42. The average molecular weight is 721 g/mol. The molecule has 2 aromatic heterocycles. The largest absolute Gasteiger partial charge is 0.455 e. The lowest BCUT2D eigenvalue weighted by atomic mass is 9.88. The van der Waals surface area contributed by atoms with Gasteiger partial charge in [0.05, 0.1) is 0 Å². The summed E-state index contributed by atoms with van der Waals surface area (Å²) in [5.41, 5.74) is 11.4. The smallest absolute Gasteiger partial charge is 0.163 e. The lowest BCUT2D eigenvalue weighted by Gasteiger charge is -2.25. The molecule has 0 amide bonds. The number of furan rings is 1. The Bertz CT molecular complexity index is 2770. The van der Waals surface area contributed by atoms with Gasteiger partial charge in [0.15, 0.2) is 11.6 Å². The molecule has 266 valence electrons. The van der Waals surface area contributed by atoms with E-state index in [9.17, 15) is 0 Å². The molecule has 1 atom stereocenters. The summed E-state index contributed by atoms with van der Waals surface area (Å²) in [7, 11) is 0. The quantitative estimate of drug-likeness (QED) is 0.156. The molecule has 5 nitrogen and oxygen atoms in total. The molecular weight excluding hydrogens is 685 g/mol. The number of benzene rings is 7. The van der Waals surface area contributed by atoms with Crippen LogP contribution in [0.3, 0.4) is 0 Å². The van der Waals surface area contributed by atoms with Crippen molar-refractivity contribution in [3.05, 3.63) is 212 Å². The highest BCUT2D eigenvalue weighted by Gasteiger charge is 2.23. The van der Waals surface area contributed by atoms with Gasteiger partial charge in [0, 0.05) is 56.0 Å². The Kier molecular flexibility index (Phi) is 8.58. The number of fused-ring (bicyclic) bond motifs is 3. The van der Waals surface area contributed by atoms with Crippen molar-refractivity contribution in [3.8, 4) is 33.9 Å². The first-order chi connectivity index (χ1) is 27.8. The molecule has 0 radical (unpaired) electrons. The fourth-order valence-electron chi connectivity index (χ4n) is 7.74. The third-order valence-corrected chi connectivity index (χ3v) is 10.5. The summed E-state index contributed by atoms with van der Waals surface area (Å²) in [5, 5.41) is 2.19. The van der Waals surface area contributed by atoms with E-state index in [0.717, 1.165) is 79.1 Å². The van der Waals surface area contributed by atoms with Gasteiger partial charge in [-0.15, -0.1) is 0 Å². The van der Waals surface area contributed by atoms with Crippen LogP contribution in [0.15, 0.2) is 205 Å². The van der Waals surface area contributed by atoms with E-state index in [-0.39, 0.29) is 5.92 Å². The molecule has 0 N–H and O–H groups in total. The second-order valence-electron chi connectivity index (χ2n) is 14.0. The van der Waals surface area contributed by atoms with Gasteiger partial charge in [0.25, 0.3) is 0 Å². The minimum Gasteiger partial charge on any atom is -0.455 e. The lowest BCUT2D eigenvalue weighted by molar-refractivity contribution is 0.667. The van der Waals surface area contributed by atoms with Crippen LogP contribution < -0.4 is 4.90 Å². The van der Waals surface area contributed by atoms with Crippen molar-refractivity contribution in [2.45, 2.75) is 12.3 Å². The molecule has 5 heteroatoms. The molecule has 1 aliphatic carbocycles. The van der Waals surface area contributed by atoms with Crippen LogP contribution in [0.1, 0.15) is 23.7 Å². The first-order valence-corrected chi connectivity index (χ1v) is 19.0. The standard InChI is InChI=1S/C51H36N4O/c1-5-16-36(17-6-1)49-52-50(37-18-7-2-8-19-37)54-51(53-49)39-21-13-20-38(34-39)44-27-15-29-46-45-28-14-26-43(47(45)56-48(44)46)35-30-32-42(33-31-35)55(40-22-9-3-10-23-40)41-24-11-4-12-25-41/h1-33,39H,34H2. The van der Waals surface area contributed by atoms with Gasteiger partial charge < -0.3 is 9.32 Å². The number of nitrogens with zero attached hydrogens (tertiary/aromatic N) is 4. The molecule has 0 aliphatic heterocycles. The van der Waals surface area contributed by atoms with Crippen molar-refractivity contribution in [1.29, 1.82) is 0 Å². The van der Waals surface area contributed by atoms with Gasteiger partial charge >= 0.3 is 0 Å². The fraction of sp³-hybridized carbons (Fsp3) is 0.0392. The zero-order valence-corrected chi connectivity index (χ0v) is 30.5. The molecule has 1 unspecified atom stereocenters. The summed E-state index contributed by atoms with van der Waals surface area (Å²) < 4.78 is 6.92. The Hall–Kier alpha value is -7.37. The molecule has 0 saturated heterocycles. The number of aromatic nitrogens is 3. The molecule has 0 saturated carbocycles. The van der Waals surface area contributed by atoms with Crippen LogP contribution in [0.4, 0.5) is 17.1 Å². The SMILES string of the molecule is C1=CC(c2nc(-c3ccccc3)nc(-c3ccccc3)n2)CC(c2cccc3c2oc2c(-c4ccc(N(c5ccccc5)c5ccccc5)cc4)cccc23)=C1. The van der Waals surface area contributed by atoms with Gasteiger partial charge in [-0.3, -0.25) is 0 Å². The van der Waals surface area contributed by atoms with Crippen LogP contribution in [0.25, 0.3) is 61.4 Å². The zero-order chi connectivity index (χ0) is 37.3. The topological polar surface area (TPSA) is 55.1 Å². The number of allylic oxidation sites excluding steroid dienone is 4. The Morgan fingerprint density at radius 1 is 0.446 bits per heavy atom. The second-order valence-corrected chi connectivity index (χ2v) is 14.0. The van der Waals surface area contributed by atoms with E-state index in [1.807, 2.05) is 72.8 Å². The molecule has 0 fully saturated rings. The molecule has 9 aromatic rings. The maximum atomic E-state index is 6.92. The van der Waals surface area contributed by atoms with Gasteiger partial charge in [-0.25, -0.2) is 15.0 Å². The van der Waals surface area contributed by atoms with Crippen LogP contribution >= 0.6 is 0 Å². The molecule has 56 heavy (non-hydrogen) atoms.